The molecule has 0 amide bonds. The smallest absolute Gasteiger partial charge is 0.404 e. The summed E-state index contributed by atoms with van der Waals surface area (Å²) in [4.78, 5) is 3.20. The second kappa shape index (κ2) is 4.40. The van der Waals surface area contributed by atoms with Crippen LogP contribution in [0.3, 0.4) is 0 Å². The van der Waals surface area contributed by atoms with Gasteiger partial charge in [0.05, 0.1) is 0 Å². The van der Waals surface area contributed by atoms with Crippen LogP contribution in [-0.2, 0) is 0 Å². The maximum atomic E-state index is 12.2. The van der Waals surface area contributed by atoms with Gasteiger partial charge in [-0.15, -0.1) is 13.2 Å². The van der Waals surface area contributed by atoms with Crippen LogP contribution in [0.1, 0.15) is 12.1 Å². The SMILES string of the molecule is Nc1nc(C(F)F)cc(OC(F)(F)F)c1Br. The summed E-state index contributed by atoms with van der Waals surface area (Å²) in [7, 11) is 0. The summed E-state index contributed by atoms with van der Waals surface area (Å²) in [5, 5.41) is 0. The van der Waals surface area contributed by atoms with Gasteiger partial charge in [-0.3, -0.25) is 0 Å². The molecule has 0 aliphatic heterocycles. The summed E-state index contributed by atoms with van der Waals surface area (Å²) in [5.74, 6) is -1.35. The fourth-order valence-electron chi connectivity index (χ4n) is 0.855. The van der Waals surface area contributed by atoms with Crippen molar-refractivity contribution in [2.24, 2.45) is 0 Å². The van der Waals surface area contributed by atoms with Crippen molar-refractivity contribution in [2.75, 3.05) is 5.73 Å². The zero-order chi connectivity index (χ0) is 12.5. The quantitative estimate of drug-likeness (QED) is 0.853. The average Bonchev–Trinajstić information content (AvgIpc) is 2.10. The van der Waals surface area contributed by atoms with Crippen LogP contribution in [-0.4, -0.2) is 11.3 Å². The van der Waals surface area contributed by atoms with E-state index in [0.29, 0.717) is 6.07 Å². The molecule has 1 heterocycles. The zero-order valence-electron chi connectivity index (χ0n) is 7.36. The molecule has 2 N–H and O–H groups in total. The lowest BCUT2D eigenvalue weighted by molar-refractivity contribution is -0.274. The number of hydrogen-bond donors (Lipinski definition) is 1. The van der Waals surface area contributed by atoms with Gasteiger partial charge in [-0.05, 0) is 15.9 Å². The van der Waals surface area contributed by atoms with Crippen molar-refractivity contribution in [1.82, 2.24) is 4.98 Å². The summed E-state index contributed by atoms with van der Waals surface area (Å²) in [6, 6.07) is 0.471. The number of nitrogens with zero attached hydrogens (tertiary/aromatic N) is 1. The second-order valence-electron chi connectivity index (χ2n) is 2.59. The number of aromatic nitrogens is 1. The Labute approximate surface area is 94.5 Å². The first-order chi connectivity index (χ1) is 7.20. The lowest BCUT2D eigenvalue weighted by atomic mass is 10.3. The minimum Gasteiger partial charge on any atom is -0.404 e. The predicted molar refractivity (Wildman–Crippen MR) is 48.0 cm³/mol. The minimum absolute atomic E-state index is 0.325. The van der Waals surface area contributed by atoms with Crippen molar-refractivity contribution in [2.45, 2.75) is 12.8 Å². The van der Waals surface area contributed by atoms with Crippen LogP contribution in [0, 0.1) is 0 Å². The van der Waals surface area contributed by atoms with Crippen molar-refractivity contribution in [3.05, 3.63) is 16.2 Å². The fraction of sp³-hybridized carbons (Fsp3) is 0.286. The largest absolute Gasteiger partial charge is 0.573 e. The van der Waals surface area contributed by atoms with E-state index in [1.54, 1.807) is 0 Å². The standard InChI is InChI=1S/C7H4BrF5N2O/c8-4-3(16-7(11,12)13)1-2(5(9)10)15-6(4)14/h1,5H,(H2,14,15). The molecule has 0 aliphatic carbocycles. The summed E-state index contributed by atoms with van der Waals surface area (Å²) in [6.07, 6.45) is -8.03. The molecule has 9 heteroatoms. The first-order valence-corrected chi connectivity index (χ1v) is 4.50. The van der Waals surface area contributed by atoms with E-state index in [2.05, 4.69) is 25.7 Å². The molecule has 0 atom stereocenters. The molecular formula is C7H4BrF5N2O. The van der Waals surface area contributed by atoms with Gasteiger partial charge in [-0.1, -0.05) is 0 Å². The minimum atomic E-state index is -4.99. The third kappa shape index (κ3) is 3.19. The predicted octanol–water partition coefficient (Wildman–Crippen LogP) is 3.26. The van der Waals surface area contributed by atoms with Crippen molar-refractivity contribution in [3.63, 3.8) is 0 Å². The number of alkyl halides is 5. The third-order valence-corrected chi connectivity index (χ3v) is 2.22. The first kappa shape index (κ1) is 12.9. The number of pyridine rings is 1. The number of nitrogen functional groups attached to an aromatic ring is 1. The molecule has 1 aromatic heterocycles. The topological polar surface area (TPSA) is 48.1 Å². The lowest BCUT2D eigenvalue weighted by Crippen LogP contribution is -2.18. The second-order valence-corrected chi connectivity index (χ2v) is 3.39. The summed E-state index contributed by atoms with van der Waals surface area (Å²) in [6.45, 7) is 0. The Bertz CT molecular complexity index is 395. The third-order valence-electron chi connectivity index (χ3n) is 1.42. The molecular weight excluding hydrogens is 303 g/mol. The van der Waals surface area contributed by atoms with Gasteiger partial charge < -0.3 is 10.5 Å². The maximum absolute atomic E-state index is 12.2. The fourth-order valence-corrected chi connectivity index (χ4v) is 1.14. The number of nitrogens with two attached hydrogens (primary N) is 1. The molecule has 90 valence electrons. The highest BCUT2D eigenvalue weighted by atomic mass is 79.9. The van der Waals surface area contributed by atoms with Gasteiger partial charge in [-0.25, -0.2) is 13.8 Å². The van der Waals surface area contributed by atoms with Gasteiger partial charge in [0, 0.05) is 6.07 Å². The molecule has 16 heavy (non-hydrogen) atoms. The van der Waals surface area contributed by atoms with E-state index in [4.69, 9.17) is 5.73 Å². The number of hydrogen-bond acceptors (Lipinski definition) is 3. The van der Waals surface area contributed by atoms with Crippen molar-refractivity contribution in [3.8, 4) is 5.75 Å². The van der Waals surface area contributed by atoms with Gasteiger partial charge >= 0.3 is 6.36 Å². The average molecular weight is 307 g/mol. The molecule has 0 fully saturated rings. The lowest BCUT2D eigenvalue weighted by Gasteiger charge is -2.12. The molecule has 1 rings (SSSR count). The Morgan fingerprint density at radius 3 is 2.38 bits per heavy atom. The van der Waals surface area contributed by atoms with E-state index in [-0.39, 0.29) is 4.47 Å². The Morgan fingerprint density at radius 2 is 1.94 bits per heavy atom. The molecule has 0 saturated heterocycles. The van der Waals surface area contributed by atoms with Crippen LogP contribution in [0.25, 0.3) is 0 Å². The zero-order valence-corrected chi connectivity index (χ0v) is 8.94. The Morgan fingerprint density at radius 1 is 1.38 bits per heavy atom. The van der Waals surface area contributed by atoms with Gasteiger partial charge in [0.1, 0.15) is 21.7 Å². The molecule has 0 unspecified atom stereocenters. The van der Waals surface area contributed by atoms with E-state index in [9.17, 15) is 22.0 Å². The summed E-state index contributed by atoms with van der Waals surface area (Å²) in [5.41, 5.74) is 4.25. The van der Waals surface area contributed by atoms with E-state index in [1.165, 1.54) is 0 Å². The molecule has 3 nitrogen and oxygen atoms in total. The van der Waals surface area contributed by atoms with Crippen molar-refractivity contribution >= 4 is 21.7 Å². The van der Waals surface area contributed by atoms with Crippen molar-refractivity contribution in [1.29, 1.82) is 0 Å². The molecule has 0 spiro atoms. The summed E-state index contributed by atoms with van der Waals surface area (Å²) < 4.78 is 63.3. The number of ether oxygens (including phenoxy) is 1. The van der Waals surface area contributed by atoms with E-state index in [1.807, 2.05) is 0 Å². The van der Waals surface area contributed by atoms with E-state index >= 15 is 0 Å². The number of anilines is 1. The normalized spacial score (nSPS) is 11.9. The van der Waals surface area contributed by atoms with Crippen LogP contribution in [0.2, 0.25) is 0 Å². The van der Waals surface area contributed by atoms with E-state index in [0.717, 1.165) is 0 Å². The van der Waals surface area contributed by atoms with Crippen LogP contribution >= 0.6 is 15.9 Å². The highest BCUT2D eigenvalue weighted by molar-refractivity contribution is 9.10. The first-order valence-electron chi connectivity index (χ1n) is 3.70. The van der Waals surface area contributed by atoms with Gasteiger partial charge in [-0.2, -0.15) is 0 Å². The van der Waals surface area contributed by atoms with Gasteiger partial charge in [0.2, 0.25) is 0 Å². The Balaban J connectivity index is 3.17. The molecule has 0 aromatic carbocycles. The summed E-state index contributed by atoms with van der Waals surface area (Å²) >= 11 is 2.66. The van der Waals surface area contributed by atoms with Crippen LogP contribution in [0.5, 0.6) is 5.75 Å². The van der Waals surface area contributed by atoms with Gasteiger partial charge in [0.25, 0.3) is 6.43 Å². The molecule has 0 bridgehead atoms. The molecule has 0 saturated carbocycles. The van der Waals surface area contributed by atoms with E-state index < -0.39 is 30.0 Å². The molecule has 0 radical (unpaired) electrons. The van der Waals surface area contributed by atoms with Crippen LogP contribution in [0.15, 0.2) is 10.5 Å². The monoisotopic (exact) mass is 306 g/mol. The molecule has 1 aromatic rings. The Kier molecular flexibility index (Phi) is 3.56. The highest BCUT2D eigenvalue weighted by Crippen LogP contribution is 2.36. The highest BCUT2D eigenvalue weighted by Gasteiger charge is 2.33. The van der Waals surface area contributed by atoms with Crippen molar-refractivity contribution < 1.29 is 26.7 Å². The van der Waals surface area contributed by atoms with Crippen LogP contribution in [0.4, 0.5) is 27.8 Å². The van der Waals surface area contributed by atoms with Gasteiger partial charge in [0.15, 0.2) is 0 Å². The maximum Gasteiger partial charge on any atom is 0.573 e. The molecule has 0 aliphatic rings. The Hall–Kier alpha value is -1.12. The number of rotatable bonds is 2. The number of halogens is 6. The van der Waals surface area contributed by atoms with Crippen LogP contribution < -0.4 is 10.5 Å².